The van der Waals surface area contributed by atoms with E-state index in [1.165, 1.54) is 11.3 Å². The van der Waals surface area contributed by atoms with Gasteiger partial charge in [0.2, 0.25) is 0 Å². The molecule has 1 aromatic heterocycles. The number of anilines is 1. The number of hydrogen-bond donors (Lipinski definition) is 2. The van der Waals surface area contributed by atoms with Crippen molar-refractivity contribution >= 4 is 35.6 Å². The van der Waals surface area contributed by atoms with E-state index in [9.17, 15) is 0 Å². The van der Waals surface area contributed by atoms with Crippen LogP contribution in [0.3, 0.4) is 0 Å². The number of ether oxygens (including phenoxy) is 1. The molecule has 7 nitrogen and oxygen atoms in total. The zero-order valence-electron chi connectivity index (χ0n) is 19.4. The lowest BCUT2D eigenvalue weighted by molar-refractivity contribution is 0.415. The van der Waals surface area contributed by atoms with Gasteiger partial charge in [0, 0.05) is 44.0 Å². The number of methoxy groups -OCH3 is 1. The Kier molecular flexibility index (Phi) is 9.93. The lowest BCUT2D eigenvalue weighted by Gasteiger charge is -2.22. The predicted molar refractivity (Wildman–Crippen MR) is 139 cm³/mol. The third-order valence-corrected chi connectivity index (χ3v) is 5.72. The first kappa shape index (κ1) is 25.3. The number of hydrogen-bond acceptors (Lipinski definition) is 4. The number of aliphatic imine (C=N–C) groups is 1. The first-order valence-electron chi connectivity index (χ1n) is 11.1. The maximum absolute atomic E-state index is 5.54. The second-order valence-corrected chi connectivity index (χ2v) is 7.65. The molecule has 0 spiro atoms. The van der Waals surface area contributed by atoms with E-state index in [0.29, 0.717) is 12.6 Å². The van der Waals surface area contributed by atoms with Crippen molar-refractivity contribution in [3.8, 4) is 5.75 Å². The Bertz CT molecular complexity index is 866. The molecule has 3 rings (SSSR count). The zero-order chi connectivity index (χ0) is 21.5. The average Bonchev–Trinajstić information content (AvgIpc) is 3.35. The molecule has 0 saturated carbocycles. The van der Waals surface area contributed by atoms with Crippen LogP contribution < -0.4 is 20.3 Å². The van der Waals surface area contributed by atoms with Crippen molar-refractivity contribution in [3.63, 3.8) is 0 Å². The van der Waals surface area contributed by atoms with E-state index >= 15 is 0 Å². The lowest BCUT2D eigenvalue weighted by Crippen LogP contribution is -2.44. The Morgan fingerprint density at radius 2 is 2.00 bits per heavy atom. The molecule has 1 saturated heterocycles. The molecule has 1 aromatic carbocycles. The van der Waals surface area contributed by atoms with E-state index in [4.69, 9.17) is 9.73 Å². The van der Waals surface area contributed by atoms with Crippen molar-refractivity contribution in [1.29, 1.82) is 0 Å². The maximum Gasteiger partial charge on any atom is 0.191 e. The van der Waals surface area contributed by atoms with Crippen LogP contribution in [0.5, 0.6) is 5.75 Å². The summed E-state index contributed by atoms with van der Waals surface area (Å²) >= 11 is 0. The van der Waals surface area contributed by atoms with Gasteiger partial charge in [0.15, 0.2) is 5.96 Å². The van der Waals surface area contributed by atoms with Gasteiger partial charge in [-0.15, -0.1) is 24.0 Å². The van der Waals surface area contributed by atoms with Crippen LogP contribution in [-0.4, -0.2) is 48.5 Å². The number of nitrogens with one attached hydrogen (secondary N) is 2. The van der Waals surface area contributed by atoms with E-state index in [-0.39, 0.29) is 24.0 Å². The highest BCUT2D eigenvalue weighted by atomic mass is 127. The van der Waals surface area contributed by atoms with Gasteiger partial charge in [0.25, 0.3) is 0 Å². The third-order valence-electron chi connectivity index (χ3n) is 5.72. The minimum Gasteiger partial charge on any atom is -0.495 e. The molecule has 8 heteroatoms. The van der Waals surface area contributed by atoms with Crippen molar-refractivity contribution in [2.24, 2.45) is 12.0 Å². The molecule has 1 aliphatic heterocycles. The highest BCUT2D eigenvalue weighted by Gasteiger charge is 2.25. The number of guanidine groups is 1. The molecule has 1 atom stereocenters. The van der Waals surface area contributed by atoms with Crippen LogP contribution in [0.15, 0.2) is 29.3 Å². The summed E-state index contributed by atoms with van der Waals surface area (Å²) in [6.45, 7) is 9.85. The average molecular weight is 540 g/mol. The standard InChI is InChI=1S/C23H36N6O.HI/c1-6-19-18(20(7-2)28(4)27-19)15-25-23(24-8-3)26-17-13-14-29(16-17)21-11-9-10-12-22(21)30-5;/h9-12,17H,6-8,13-16H2,1-5H3,(H2,24,25,26);1H. The third kappa shape index (κ3) is 6.05. The molecule has 31 heavy (non-hydrogen) atoms. The van der Waals surface area contributed by atoms with E-state index in [1.54, 1.807) is 7.11 Å². The summed E-state index contributed by atoms with van der Waals surface area (Å²) in [5.74, 6) is 1.80. The van der Waals surface area contributed by atoms with Gasteiger partial charge in [-0.2, -0.15) is 5.10 Å². The van der Waals surface area contributed by atoms with E-state index in [2.05, 4.69) is 53.5 Å². The summed E-state index contributed by atoms with van der Waals surface area (Å²) < 4.78 is 7.55. The van der Waals surface area contributed by atoms with Crippen LogP contribution in [0.1, 0.15) is 44.1 Å². The fraction of sp³-hybridized carbons (Fsp3) is 0.565. The lowest BCUT2D eigenvalue weighted by atomic mass is 10.1. The van der Waals surface area contributed by atoms with Gasteiger partial charge in [-0.05, 0) is 38.3 Å². The van der Waals surface area contributed by atoms with Crippen molar-refractivity contribution < 1.29 is 4.74 Å². The molecular formula is C23H37IN6O. The first-order valence-corrected chi connectivity index (χ1v) is 11.1. The summed E-state index contributed by atoms with van der Waals surface area (Å²) in [5.41, 5.74) is 4.84. The summed E-state index contributed by atoms with van der Waals surface area (Å²) in [5, 5.41) is 11.7. The molecular weight excluding hydrogens is 503 g/mol. The number of aryl methyl sites for hydroxylation is 2. The number of benzene rings is 1. The van der Waals surface area contributed by atoms with E-state index in [1.807, 2.05) is 23.9 Å². The topological polar surface area (TPSA) is 66.7 Å². The van der Waals surface area contributed by atoms with Crippen LogP contribution >= 0.6 is 24.0 Å². The van der Waals surface area contributed by atoms with E-state index < -0.39 is 0 Å². The van der Waals surface area contributed by atoms with Crippen LogP contribution in [0.2, 0.25) is 0 Å². The molecule has 0 radical (unpaired) electrons. The van der Waals surface area contributed by atoms with Crippen LogP contribution in [0, 0.1) is 0 Å². The van der Waals surface area contributed by atoms with Gasteiger partial charge < -0.3 is 20.3 Å². The van der Waals surface area contributed by atoms with Gasteiger partial charge in [-0.1, -0.05) is 26.0 Å². The molecule has 0 amide bonds. The van der Waals surface area contributed by atoms with Crippen molar-refractivity contribution in [3.05, 3.63) is 41.2 Å². The Labute approximate surface area is 203 Å². The number of halogens is 1. The van der Waals surface area contributed by atoms with Crippen LogP contribution in [0.4, 0.5) is 5.69 Å². The van der Waals surface area contributed by atoms with Gasteiger partial charge in [0.05, 0.1) is 25.0 Å². The SMILES string of the molecule is CCNC(=NCc1c(CC)nn(C)c1CC)NC1CCN(c2ccccc2OC)C1.I. The van der Waals surface area contributed by atoms with Crippen LogP contribution in [-0.2, 0) is 26.4 Å². The predicted octanol–water partition coefficient (Wildman–Crippen LogP) is 3.51. The normalized spacial score (nSPS) is 16.2. The first-order chi connectivity index (χ1) is 14.6. The largest absolute Gasteiger partial charge is 0.495 e. The molecule has 2 N–H and O–H groups in total. The molecule has 1 unspecified atom stereocenters. The summed E-state index contributed by atoms with van der Waals surface area (Å²) in [6, 6.07) is 8.57. The monoisotopic (exact) mass is 540 g/mol. The smallest absolute Gasteiger partial charge is 0.191 e. The number of aromatic nitrogens is 2. The Morgan fingerprint density at radius 3 is 2.68 bits per heavy atom. The zero-order valence-corrected chi connectivity index (χ0v) is 21.8. The minimum atomic E-state index is 0. The molecule has 1 fully saturated rings. The second-order valence-electron chi connectivity index (χ2n) is 7.65. The minimum absolute atomic E-state index is 0. The van der Waals surface area contributed by atoms with E-state index in [0.717, 1.165) is 62.0 Å². The molecule has 0 aliphatic carbocycles. The maximum atomic E-state index is 5.54. The summed E-state index contributed by atoms with van der Waals surface area (Å²) in [7, 11) is 3.76. The van der Waals surface area contributed by atoms with Gasteiger partial charge in [0.1, 0.15) is 5.75 Å². The van der Waals surface area contributed by atoms with Gasteiger partial charge in [-0.25, -0.2) is 4.99 Å². The van der Waals surface area contributed by atoms with Crippen LogP contribution in [0.25, 0.3) is 0 Å². The fourth-order valence-corrected chi connectivity index (χ4v) is 4.23. The van der Waals surface area contributed by atoms with Gasteiger partial charge >= 0.3 is 0 Å². The van der Waals surface area contributed by atoms with Crippen molar-refractivity contribution in [2.45, 2.75) is 52.6 Å². The number of rotatable bonds is 8. The van der Waals surface area contributed by atoms with Gasteiger partial charge in [-0.3, -0.25) is 4.68 Å². The number of para-hydroxylation sites is 2. The second kappa shape index (κ2) is 12.2. The quantitative estimate of drug-likeness (QED) is 0.305. The highest BCUT2D eigenvalue weighted by molar-refractivity contribution is 14.0. The van der Waals surface area contributed by atoms with Crippen molar-refractivity contribution in [1.82, 2.24) is 20.4 Å². The molecule has 172 valence electrons. The molecule has 2 heterocycles. The van der Waals surface area contributed by atoms with Crippen molar-refractivity contribution in [2.75, 3.05) is 31.6 Å². The highest BCUT2D eigenvalue weighted by Crippen LogP contribution is 2.30. The summed E-state index contributed by atoms with van der Waals surface area (Å²) in [6.07, 6.45) is 2.96. The molecule has 1 aliphatic rings. The number of nitrogens with zero attached hydrogens (tertiary/aromatic N) is 4. The Hall–Kier alpha value is -1.97. The Morgan fingerprint density at radius 1 is 1.23 bits per heavy atom. The summed E-state index contributed by atoms with van der Waals surface area (Å²) in [4.78, 5) is 7.29. The Balaban J connectivity index is 0.00000341. The molecule has 0 bridgehead atoms. The molecule has 2 aromatic rings. The fourth-order valence-electron chi connectivity index (χ4n) is 4.23.